The predicted molar refractivity (Wildman–Crippen MR) is 64.1 cm³/mol. The fourth-order valence-electron chi connectivity index (χ4n) is 1.65. The van der Waals surface area contributed by atoms with Gasteiger partial charge in [-0.3, -0.25) is 0 Å². The lowest BCUT2D eigenvalue weighted by molar-refractivity contribution is 0.258. The van der Waals surface area contributed by atoms with Crippen molar-refractivity contribution < 1.29 is 10.2 Å². The summed E-state index contributed by atoms with van der Waals surface area (Å²) in [6, 6.07) is 0. The molecule has 0 aromatic rings. The van der Waals surface area contributed by atoms with Crippen molar-refractivity contribution >= 4 is 0 Å². The van der Waals surface area contributed by atoms with Crippen LogP contribution in [0.25, 0.3) is 0 Å². The van der Waals surface area contributed by atoms with Crippen molar-refractivity contribution in [2.24, 2.45) is 0 Å². The third-order valence-electron chi connectivity index (χ3n) is 2.69. The maximum absolute atomic E-state index is 9.50. The van der Waals surface area contributed by atoms with Crippen LogP contribution in [0.4, 0.5) is 0 Å². The van der Waals surface area contributed by atoms with E-state index in [0.717, 1.165) is 44.9 Å². The molecule has 0 aromatic carbocycles. The molecule has 0 bridgehead atoms. The van der Waals surface area contributed by atoms with Gasteiger partial charge < -0.3 is 10.2 Å². The Kier molecular flexibility index (Phi) is 11.9. The van der Waals surface area contributed by atoms with E-state index in [0.29, 0.717) is 12.7 Å². The molecule has 0 rings (SSSR count). The zero-order chi connectivity index (χ0) is 11.4. The summed E-state index contributed by atoms with van der Waals surface area (Å²) >= 11 is 0. The standard InChI is InChI=1S/C13H27O2/c1-2-3-10-13(15)11-8-6-4-5-7-9-12-14/h14-15H,2-12H2,1H3. The Bertz CT molecular complexity index is 115. The van der Waals surface area contributed by atoms with Crippen LogP contribution in [0.2, 0.25) is 0 Å². The van der Waals surface area contributed by atoms with Crippen molar-refractivity contribution in [1.82, 2.24) is 0 Å². The molecule has 91 valence electrons. The molecule has 0 unspecified atom stereocenters. The molecule has 0 aliphatic carbocycles. The topological polar surface area (TPSA) is 40.5 Å². The van der Waals surface area contributed by atoms with Crippen LogP contribution < -0.4 is 0 Å². The number of hydrogen-bond donors (Lipinski definition) is 2. The highest BCUT2D eigenvalue weighted by molar-refractivity contribution is 4.74. The van der Waals surface area contributed by atoms with Gasteiger partial charge in [-0.05, 0) is 19.3 Å². The Hall–Kier alpha value is -0.0800. The summed E-state index contributed by atoms with van der Waals surface area (Å²) in [5, 5.41) is 18.1. The van der Waals surface area contributed by atoms with E-state index >= 15 is 0 Å². The highest BCUT2D eigenvalue weighted by Crippen LogP contribution is 2.16. The van der Waals surface area contributed by atoms with Gasteiger partial charge in [0.1, 0.15) is 0 Å². The molecule has 2 nitrogen and oxygen atoms in total. The highest BCUT2D eigenvalue weighted by atomic mass is 16.3. The third kappa shape index (κ3) is 11.8. The van der Waals surface area contributed by atoms with Crippen molar-refractivity contribution in [2.75, 3.05) is 6.61 Å². The first-order chi connectivity index (χ1) is 7.31. The van der Waals surface area contributed by atoms with Gasteiger partial charge in [0.15, 0.2) is 0 Å². The summed E-state index contributed by atoms with van der Waals surface area (Å²) < 4.78 is 0. The fourth-order valence-corrected chi connectivity index (χ4v) is 1.65. The van der Waals surface area contributed by atoms with Crippen molar-refractivity contribution in [1.29, 1.82) is 0 Å². The number of unbranched alkanes of at least 4 members (excludes halogenated alkanes) is 6. The second-order valence-corrected chi connectivity index (χ2v) is 4.26. The van der Waals surface area contributed by atoms with Gasteiger partial charge in [-0.2, -0.15) is 0 Å². The smallest absolute Gasteiger partial charge is 0.0933 e. The Morgan fingerprint density at radius 1 is 0.800 bits per heavy atom. The summed E-state index contributed by atoms with van der Waals surface area (Å²) in [5.41, 5.74) is 0. The molecule has 0 aromatic heterocycles. The second kappa shape index (κ2) is 12.0. The Morgan fingerprint density at radius 3 is 1.93 bits per heavy atom. The number of hydrogen-bond acceptors (Lipinski definition) is 2. The zero-order valence-electron chi connectivity index (χ0n) is 10.2. The van der Waals surface area contributed by atoms with E-state index < -0.39 is 0 Å². The van der Waals surface area contributed by atoms with Crippen LogP contribution >= 0.6 is 0 Å². The van der Waals surface area contributed by atoms with E-state index in [1.54, 1.807) is 0 Å². The zero-order valence-corrected chi connectivity index (χ0v) is 10.2. The minimum atomic E-state index is 0.325. The molecule has 0 saturated carbocycles. The van der Waals surface area contributed by atoms with Crippen LogP contribution in [0.3, 0.4) is 0 Å². The van der Waals surface area contributed by atoms with Crippen molar-refractivity contribution in [3.63, 3.8) is 0 Å². The van der Waals surface area contributed by atoms with Crippen molar-refractivity contribution in [3.8, 4) is 0 Å². The first-order valence-electron chi connectivity index (χ1n) is 6.45. The number of rotatable bonds is 11. The van der Waals surface area contributed by atoms with Gasteiger partial charge in [0.2, 0.25) is 0 Å². The normalized spacial score (nSPS) is 11.2. The van der Waals surface area contributed by atoms with E-state index in [2.05, 4.69) is 6.92 Å². The molecule has 0 heterocycles. The molecular weight excluding hydrogens is 188 g/mol. The minimum Gasteiger partial charge on any atom is -0.396 e. The van der Waals surface area contributed by atoms with Crippen molar-refractivity contribution in [3.05, 3.63) is 6.10 Å². The molecule has 0 spiro atoms. The molecule has 0 aliphatic heterocycles. The number of aliphatic hydroxyl groups excluding tert-OH is 2. The van der Waals surface area contributed by atoms with Crippen LogP contribution in [0.1, 0.15) is 71.1 Å². The molecule has 0 amide bonds. The van der Waals surface area contributed by atoms with E-state index in [-0.39, 0.29) is 0 Å². The SMILES string of the molecule is CCCC[C](O)CCCCCCCCO. The van der Waals surface area contributed by atoms with Gasteiger partial charge in [0, 0.05) is 6.61 Å². The molecule has 0 aliphatic rings. The fraction of sp³-hybridized carbons (Fsp3) is 0.923. The van der Waals surface area contributed by atoms with Crippen LogP contribution in [0, 0.1) is 6.10 Å². The lowest BCUT2D eigenvalue weighted by atomic mass is 10.0. The predicted octanol–water partition coefficient (Wildman–Crippen LogP) is 3.80. The first-order valence-corrected chi connectivity index (χ1v) is 6.45. The van der Waals surface area contributed by atoms with E-state index in [4.69, 9.17) is 5.11 Å². The summed E-state index contributed by atoms with van der Waals surface area (Å²) in [6.07, 6.45) is 11.6. The van der Waals surface area contributed by atoms with Crippen LogP contribution in [-0.2, 0) is 0 Å². The maximum atomic E-state index is 9.50. The Balaban J connectivity index is 3.02. The van der Waals surface area contributed by atoms with E-state index in [9.17, 15) is 5.11 Å². The Morgan fingerprint density at radius 2 is 1.33 bits per heavy atom. The molecule has 0 fully saturated rings. The molecule has 0 atom stereocenters. The third-order valence-corrected chi connectivity index (χ3v) is 2.69. The summed E-state index contributed by atoms with van der Waals surface area (Å²) in [6.45, 7) is 2.47. The van der Waals surface area contributed by atoms with Crippen LogP contribution in [0.15, 0.2) is 0 Å². The maximum Gasteiger partial charge on any atom is 0.0933 e. The lowest BCUT2D eigenvalue weighted by Gasteiger charge is -2.07. The lowest BCUT2D eigenvalue weighted by Crippen LogP contribution is -1.95. The van der Waals surface area contributed by atoms with Crippen LogP contribution in [0.5, 0.6) is 0 Å². The molecule has 1 radical (unpaired) electrons. The first kappa shape index (κ1) is 14.9. The van der Waals surface area contributed by atoms with E-state index in [1.807, 2.05) is 0 Å². The summed E-state index contributed by atoms with van der Waals surface area (Å²) in [5.74, 6) is 0. The molecular formula is C13H27O2. The summed E-state index contributed by atoms with van der Waals surface area (Å²) in [7, 11) is 0. The van der Waals surface area contributed by atoms with Crippen LogP contribution in [-0.4, -0.2) is 16.8 Å². The van der Waals surface area contributed by atoms with Gasteiger partial charge in [-0.25, -0.2) is 0 Å². The average Bonchev–Trinajstić information content (AvgIpc) is 2.25. The monoisotopic (exact) mass is 215 g/mol. The van der Waals surface area contributed by atoms with Gasteiger partial charge in [-0.15, -0.1) is 0 Å². The van der Waals surface area contributed by atoms with Gasteiger partial charge >= 0.3 is 0 Å². The van der Waals surface area contributed by atoms with Crippen molar-refractivity contribution in [2.45, 2.75) is 71.1 Å². The van der Waals surface area contributed by atoms with Gasteiger partial charge in [0.25, 0.3) is 0 Å². The molecule has 0 saturated heterocycles. The molecule has 15 heavy (non-hydrogen) atoms. The van der Waals surface area contributed by atoms with E-state index in [1.165, 1.54) is 19.3 Å². The second-order valence-electron chi connectivity index (χ2n) is 4.26. The molecule has 2 N–H and O–H groups in total. The number of aliphatic hydroxyl groups is 2. The quantitative estimate of drug-likeness (QED) is 0.515. The average molecular weight is 215 g/mol. The largest absolute Gasteiger partial charge is 0.396 e. The van der Waals surface area contributed by atoms with Gasteiger partial charge in [-0.1, -0.05) is 51.9 Å². The highest BCUT2D eigenvalue weighted by Gasteiger charge is 2.03. The molecule has 2 heteroatoms. The Labute approximate surface area is 94.7 Å². The minimum absolute atomic E-state index is 0.325. The van der Waals surface area contributed by atoms with Gasteiger partial charge in [0.05, 0.1) is 6.10 Å². The summed E-state index contributed by atoms with van der Waals surface area (Å²) in [4.78, 5) is 0.